The number of hydrogen-bond donors (Lipinski definition) is 1. The number of ether oxygens (including phenoxy) is 1. The first-order valence-corrected chi connectivity index (χ1v) is 6.84. The number of carbonyl (C=O) groups is 1. The monoisotopic (exact) mass is 283 g/mol. The van der Waals surface area contributed by atoms with Crippen molar-refractivity contribution in [2.45, 2.75) is 12.8 Å². The Morgan fingerprint density at radius 3 is 2.68 bits per heavy atom. The quantitative estimate of drug-likeness (QED) is 0.919. The van der Waals surface area contributed by atoms with Crippen molar-refractivity contribution >= 4 is 17.5 Å². The van der Waals surface area contributed by atoms with Gasteiger partial charge in [-0.3, -0.25) is 4.79 Å². The van der Waals surface area contributed by atoms with E-state index in [4.69, 9.17) is 21.4 Å². The summed E-state index contributed by atoms with van der Waals surface area (Å²) in [5.74, 6) is 0.826. The number of halogens is 1. The summed E-state index contributed by atoms with van der Waals surface area (Å²) in [5.41, 5.74) is 0. The Morgan fingerprint density at radius 1 is 1.37 bits per heavy atom. The summed E-state index contributed by atoms with van der Waals surface area (Å²) in [6, 6.07) is 7.11. The molecule has 1 aliphatic rings. The number of nitrogens with zero attached hydrogens (tertiary/aromatic N) is 1. The minimum absolute atomic E-state index is 0.00747. The third kappa shape index (κ3) is 3.85. The van der Waals surface area contributed by atoms with Crippen LogP contribution in [0.5, 0.6) is 5.75 Å². The van der Waals surface area contributed by atoms with Gasteiger partial charge < -0.3 is 14.7 Å². The average molecular weight is 284 g/mol. The van der Waals surface area contributed by atoms with E-state index in [1.54, 1.807) is 17.0 Å². The van der Waals surface area contributed by atoms with Crippen LogP contribution in [0.2, 0.25) is 5.02 Å². The maximum atomic E-state index is 12.0. The number of carbonyl (C=O) groups excluding carboxylic acids is 1. The number of aliphatic hydroxyl groups excluding tert-OH is 1. The molecule has 5 heteroatoms. The number of piperidine rings is 1. The molecule has 1 aliphatic heterocycles. The molecule has 104 valence electrons. The molecule has 0 aromatic heterocycles. The van der Waals surface area contributed by atoms with Crippen LogP contribution in [-0.2, 0) is 4.79 Å². The minimum atomic E-state index is -0.0312. The van der Waals surface area contributed by atoms with Crippen LogP contribution in [-0.4, -0.2) is 42.2 Å². The molecule has 0 radical (unpaired) electrons. The van der Waals surface area contributed by atoms with Gasteiger partial charge in [0.15, 0.2) is 6.61 Å². The molecule has 1 amide bonds. The van der Waals surface area contributed by atoms with Crippen LogP contribution in [0.15, 0.2) is 24.3 Å². The third-order valence-corrected chi connectivity index (χ3v) is 3.73. The van der Waals surface area contributed by atoms with Gasteiger partial charge in [0.2, 0.25) is 0 Å². The molecule has 0 saturated carbocycles. The Bertz CT molecular complexity index is 430. The molecule has 0 aliphatic carbocycles. The van der Waals surface area contributed by atoms with E-state index in [0.29, 0.717) is 29.8 Å². The van der Waals surface area contributed by atoms with E-state index >= 15 is 0 Å². The predicted octanol–water partition coefficient (Wildman–Crippen LogP) is 1.95. The number of likely N-dealkylation sites (tertiary alicyclic amines) is 1. The first-order chi connectivity index (χ1) is 9.20. The van der Waals surface area contributed by atoms with Crippen LogP contribution in [0.1, 0.15) is 12.8 Å². The van der Waals surface area contributed by atoms with E-state index in [1.165, 1.54) is 0 Å². The zero-order valence-corrected chi connectivity index (χ0v) is 11.5. The van der Waals surface area contributed by atoms with Gasteiger partial charge in [0, 0.05) is 19.7 Å². The highest BCUT2D eigenvalue weighted by Crippen LogP contribution is 2.23. The van der Waals surface area contributed by atoms with Gasteiger partial charge in [0.05, 0.1) is 5.02 Å². The van der Waals surface area contributed by atoms with E-state index in [9.17, 15) is 4.79 Å². The fourth-order valence-electron chi connectivity index (χ4n) is 2.16. The molecule has 1 aromatic rings. The Balaban J connectivity index is 1.81. The van der Waals surface area contributed by atoms with Crippen molar-refractivity contribution in [3.05, 3.63) is 29.3 Å². The molecule has 19 heavy (non-hydrogen) atoms. The van der Waals surface area contributed by atoms with Crippen molar-refractivity contribution in [2.75, 3.05) is 26.3 Å². The van der Waals surface area contributed by atoms with Crippen molar-refractivity contribution in [2.24, 2.45) is 5.92 Å². The maximum Gasteiger partial charge on any atom is 0.260 e. The minimum Gasteiger partial charge on any atom is -0.482 e. The van der Waals surface area contributed by atoms with Crippen molar-refractivity contribution in [1.82, 2.24) is 4.90 Å². The molecule has 1 fully saturated rings. The van der Waals surface area contributed by atoms with E-state index in [2.05, 4.69) is 0 Å². The highest BCUT2D eigenvalue weighted by molar-refractivity contribution is 6.32. The average Bonchev–Trinajstić information content (AvgIpc) is 2.46. The van der Waals surface area contributed by atoms with Gasteiger partial charge in [-0.25, -0.2) is 0 Å². The van der Waals surface area contributed by atoms with Crippen LogP contribution in [0, 0.1) is 5.92 Å². The molecule has 0 bridgehead atoms. The molecule has 1 N–H and O–H groups in total. The standard InChI is InChI=1S/C14H18ClNO3/c15-12-3-1-2-4-13(12)19-10-14(18)16-7-5-11(9-17)6-8-16/h1-4,11,17H,5-10H2. The number of para-hydroxylation sites is 1. The lowest BCUT2D eigenvalue weighted by Crippen LogP contribution is -2.41. The molecule has 1 heterocycles. The van der Waals surface area contributed by atoms with E-state index in [1.807, 2.05) is 12.1 Å². The van der Waals surface area contributed by atoms with Crippen molar-refractivity contribution in [1.29, 1.82) is 0 Å². The van der Waals surface area contributed by atoms with Gasteiger partial charge in [-0.05, 0) is 30.9 Å². The van der Waals surface area contributed by atoms with E-state index in [-0.39, 0.29) is 19.1 Å². The Morgan fingerprint density at radius 2 is 2.05 bits per heavy atom. The number of amides is 1. The second kappa shape index (κ2) is 6.78. The van der Waals surface area contributed by atoms with Crippen LogP contribution in [0.3, 0.4) is 0 Å². The first-order valence-electron chi connectivity index (χ1n) is 6.46. The normalized spacial score (nSPS) is 16.4. The summed E-state index contributed by atoms with van der Waals surface area (Å²) in [6.45, 7) is 1.59. The third-order valence-electron chi connectivity index (χ3n) is 3.41. The van der Waals surface area contributed by atoms with Gasteiger partial charge in [-0.1, -0.05) is 23.7 Å². The number of rotatable bonds is 4. The molecular weight excluding hydrogens is 266 g/mol. The van der Waals surface area contributed by atoms with Crippen LogP contribution in [0.25, 0.3) is 0 Å². The number of aliphatic hydroxyl groups is 1. The van der Waals surface area contributed by atoms with Crippen molar-refractivity contribution < 1.29 is 14.6 Å². The van der Waals surface area contributed by atoms with Crippen LogP contribution in [0.4, 0.5) is 0 Å². The van der Waals surface area contributed by atoms with Crippen molar-refractivity contribution in [3.63, 3.8) is 0 Å². The van der Waals surface area contributed by atoms with Crippen molar-refractivity contribution in [3.8, 4) is 5.75 Å². The summed E-state index contributed by atoms with van der Waals surface area (Å²) in [7, 11) is 0. The summed E-state index contributed by atoms with van der Waals surface area (Å²) in [6.07, 6.45) is 1.71. The summed E-state index contributed by atoms with van der Waals surface area (Å²) in [5, 5.41) is 9.56. The second-order valence-corrected chi connectivity index (χ2v) is 5.13. The lowest BCUT2D eigenvalue weighted by Gasteiger charge is -2.31. The maximum absolute atomic E-state index is 12.0. The summed E-state index contributed by atoms with van der Waals surface area (Å²) >= 11 is 5.95. The topological polar surface area (TPSA) is 49.8 Å². The first kappa shape index (κ1) is 14.2. The molecule has 4 nitrogen and oxygen atoms in total. The number of benzene rings is 1. The smallest absolute Gasteiger partial charge is 0.260 e. The summed E-state index contributed by atoms with van der Waals surface area (Å²) in [4.78, 5) is 13.8. The molecule has 2 rings (SSSR count). The molecule has 0 atom stereocenters. The molecule has 1 aromatic carbocycles. The predicted molar refractivity (Wildman–Crippen MR) is 73.3 cm³/mol. The Labute approximate surface area is 117 Å². The fraction of sp³-hybridized carbons (Fsp3) is 0.500. The highest BCUT2D eigenvalue weighted by atomic mass is 35.5. The lowest BCUT2D eigenvalue weighted by molar-refractivity contribution is -0.134. The lowest BCUT2D eigenvalue weighted by atomic mass is 9.98. The van der Waals surface area contributed by atoms with Gasteiger partial charge in [0.25, 0.3) is 5.91 Å². The molecule has 0 spiro atoms. The summed E-state index contributed by atoms with van der Waals surface area (Å²) < 4.78 is 5.43. The zero-order chi connectivity index (χ0) is 13.7. The largest absolute Gasteiger partial charge is 0.482 e. The highest BCUT2D eigenvalue weighted by Gasteiger charge is 2.22. The van der Waals surface area contributed by atoms with E-state index in [0.717, 1.165) is 12.8 Å². The Hall–Kier alpha value is -1.26. The van der Waals surface area contributed by atoms with Gasteiger partial charge >= 0.3 is 0 Å². The molecular formula is C14H18ClNO3. The fourth-order valence-corrected chi connectivity index (χ4v) is 2.35. The Kier molecular flexibility index (Phi) is 5.05. The van der Waals surface area contributed by atoms with Crippen LogP contribution < -0.4 is 4.74 Å². The SMILES string of the molecule is O=C(COc1ccccc1Cl)N1CCC(CO)CC1. The zero-order valence-electron chi connectivity index (χ0n) is 10.7. The molecule has 0 unspecified atom stereocenters. The molecule has 1 saturated heterocycles. The van der Waals surface area contributed by atoms with Gasteiger partial charge in [-0.2, -0.15) is 0 Å². The van der Waals surface area contributed by atoms with E-state index < -0.39 is 0 Å². The van der Waals surface area contributed by atoms with Crippen LogP contribution >= 0.6 is 11.6 Å². The number of hydrogen-bond acceptors (Lipinski definition) is 3. The van der Waals surface area contributed by atoms with Gasteiger partial charge in [-0.15, -0.1) is 0 Å². The van der Waals surface area contributed by atoms with Gasteiger partial charge in [0.1, 0.15) is 5.75 Å². The second-order valence-electron chi connectivity index (χ2n) is 4.73.